The van der Waals surface area contributed by atoms with Crippen molar-refractivity contribution in [3.05, 3.63) is 59.8 Å². The van der Waals surface area contributed by atoms with Gasteiger partial charge >= 0.3 is 0 Å². The first kappa shape index (κ1) is 18.2. The predicted molar refractivity (Wildman–Crippen MR) is 111 cm³/mol. The number of phenolic OH excluding ortho intramolecular Hbond substituents is 1. The number of rotatable bonds is 5. The molecular weight excluding hydrogens is 352 g/mol. The summed E-state index contributed by atoms with van der Waals surface area (Å²) in [5.74, 6) is 0.647. The zero-order valence-corrected chi connectivity index (χ0v) is 15.8. The number of H-pyrrole nitrogens is 1. The lowest BCUT2D eigenvalue weighted by molar-refractivity contribution is -0.162. The predicted octanol–water partition coefficient (Wildman–Crippen LogP) is 2.87. The van der Waals surface area contributed by atoms with E-state index in [1.54, 1.807) is 24.3 Å². The van der Waals surface area contributed by atoms with Crippen LogP contribution in [-0.2, 0) is 11.2 Å². The third kappa shape index (κ3) is 2.95. The van der Waals surface area contributed by atoms with Gasteiger partial charge in [0.05, 0.1) is 0 Å². The van der Waals surface area contributed by atoms with Crippen molar-refractivity contribution in [3.8, 4) is 5.75 Å². The van der Waals surface area contributed by atoms with Crippen molar-refractivity contribution in [1.29, 1.82) is 0 Å². The lowest BCUT2D eigenvalue weighted by atomic mass is 9.57. The number of nitrogens with two attached hydrogens (primary N) is 2. The summed E-state index contributed by atoms with van der Waals surface area (Å²) in [7, 11) is 0. The maximum Gasteiger partial charge on any atom is 0.246 e. The number of amides is 1. The van der Waals surface area contributed by atoms with E-state index in [4.69, 9.17) is 11.5 Å². The Morgan fingerprint density at radius 3 is 2.79 bits per heavy atom. The Balaban J connectivity index is 1.56. The number of phenols is 1. The number of nitrogen functional groups attached to an aromatic ring is 1. The molecule has 4 rings (SSSR count). The first-order chi connectivity index (χ1) is 13.4. The fraction of sp³-hybridized carbons (Fsp3) is 0.318. The van der Waals surface area contributed by atoms with Gasteiger partial charge in [0.25, 0.3) is 0 Å². The molecule has 1 spiro atoms. The molecule has 1 saturated heterocycles. The number of aromatic nitrogens is 1. The van der Waals surface area contributed by atoms with Gasteiger partial charge in [-0.15, -0.1) is 0 Å². The summed E-state index contributed by atoms with van der Waals surface area (Å²) < 4.78 is 0. The van der Waals surface area contributed by atoms with Gasteiger partial charge in [-0.1, -0.05) is 25.1 Å². The number of carbonyl (C=O) groups is 1. The van der Waals surface area contributed by atoms with E-state index in [0.29, 0.717) is 17.1 Å². The van der Waals surface area contributed by atoms with Gasteiger partial charge in [0, 0.05) is 46.9 Å². The van der Waals surface area contributed by atoms with Gasteiger partial charge in [0.1, 0.15) is 11.6 Å². The molecule has 1 aliphatic carbocycles. The highest BCUT2D eigenvalue weighted by molar-refractivity contribution is 5.88. The first-order valence-corrected chi connectivity index (χ1v) is 9.59. The second kappa shape index (κ2) is 6.78. The fourth-order valence-electron chi connectivity index (χ4n) is 4.52. The molecule has 1 amide bonds. The number of hydrogen-bond donors (Lipinski definition) is 4. The van der Waals surface area contributed by atoms with Crippen LogP contribution in [0.5, 0.6) is 5.75 Å². The Kier molecular flexibility index (Phi) is 4.41. The zero-order chi connectivity index (χ0) is 19.9. The Labute approximate surface area is 164 Å². The standard InChI is InChI=1S/C22H26N4O2/c1-2-20(28)26-13-22(8-5-9-22)19(26)12-15-10-14(21(24)25-15)11-17(23)16-6-3-4-7-18(16)27/h2-4,6-7,10-11,19,25,27H,1,5,8-9,12-13,23-24H2/b17-11-. The molecule has 1 aromatic carbocycles. The molecule has 2 aliphatic rings. The van der Waals surface area contributed by atoms with Crippen LogP contribution >= 0.6 is 0 Å². The van der Waals surface area contributed by atoms with Crippen molar-refractivity contribution < 1.29 is 9.90 Å². The van der Waals surface area contributed by atoms with Crippen molar-refractivity contribution in [1.82, 2.24) is 9.88 Å². The summed E-state index contributed by atoms with van der Waals surface area (Å²) in [6, 6.07) is 9.09. The van der Waals surface area contributed by atoms with Gasteiger partial charge in [-0.2, -0.15) is 0 Å². The van der Waals surface area contributed by atoms with Gasteiger partial charge in [-0.3, -0.25) is 4.79 Å². The van der Waals surface area contributed by atoms with Crippen LogP contribution in [0.1, 0.15) is 36.1 Å². The Bertz CT molecular complexity index is 955. The molecule has 6 N–H and O–H groups in total. The Morgan fingerprint density at radius 1 is 1.39 bits per heavy atom. The van der Waals surface area contributed by atoms with E-state index in [-0.39, 0.29) is 23.1 Å². The average molecular weight is 378 g/mol. The number of likely N-dealkylation sites (tertiary alicyclic amines) is 1. The summed E-state index contributed by atoms with van der Waals surface area (Å²) in [5.41, 5.74) is 15.3. The molecule has 0 bridgehead atoms. The minimum Gasteiger partial charge on any atom is -0.507 e. The minimum atomic E-state index is -0.00836. The van der Waals surface area contributed by atoms with Crippen molar-refractivity contribution in [3.63, 3.8) is 0 Å². The van der Waals surface area contributed by atoms with Crippen molar-refractivity contribution in [2.24, 2.45) is 11.1 Å². The summed E-state index contributed by atoms with van der Waals surface area (Å²) >= 11 is 0. The van der Waals surface area contributed by atoms with E-state index in [9.17, 15) is 9.90 Å². The molecule has 2 fully saturated rings. The van der Waals surface area contributed by atoms with Crippen LogP contribution in [0.25, 0.3) is 11.8 Å². The first-order valence-electron chi connectivity index (χ1n) is 9.59. The Hall–Kier alpha value is -3.15. The van der Waals surface area contributed by atoms with Gasteiger partial charge < -0.3 is 26.5 Å². The van der Waals surface area contributed by atoms with Crippen LogP contribution in [0.2, 0.25) is 0 Å². The lowest BCUT2D eigenvalue weighted by Gasteiger charge is -2.62. The number of carbonyl (C=O) groups excluding carboxylic acids is 1. The molecule has 6 heteroatoms. The van der Waals surface area contributed by atoms with Crippen LogP contribution in [0, 0.1) is 5.41 Å². The molecule has 1 unspecified atom stereocenters. The molecule has 0 radical (unpaired) electrons. The molecule has 2 aromatic rings. The van der Waals surface area contributed by atoms with Crippen LogP contribution in [0.3, 0.4) is 0 Å². The third-order valence-corrected chi connectivity index (χ3v) is 6.25. The molecule has 1 atom stereocenters. The fourth-order valence-corrected chi connectivity index (χ4v) is 4.52. The second-order valence-electron chi connectivity index (χ2n) is 7.89. The van der Waals surface area contributed by atoms with Crippen LogP contribution in [0.4, 0.5) is 5.82 Å². The van der Waals surface area contributed by atoms with Crippen LogP contribution in [0.15, 0.2) is 43.0 Å². The highest BCUT2D eigenvalue weighted by Crippen LogP contribution is 2.54. The lowest BCUT2D eigenvalue weighted by Crippen LogP contribution is -2.69. The normalized spacial score (nSPS) is 20.5. The number of para-hydroxylation sites is 1. The number of aromatic amines is 1. The molecule has 6 nitrogen and oxygen atoms in total. The van der Waals surface area contributed by atoms with Gasteiger partial charge in [-0.05, 0) is 43.2 Å². The summed E-state index contributed by atoms with van der Waals surface area (Å²) in [5, 5.41) is 9.98. The number of aromatic hydroxyl groups is 1. The van der Waals surface area contributed by atoms with Gasteiger partial charge in [0.2, 0.25) is 5.91 Å². The van der Waals surface area contributed by atoms with Gasteiger partial charge in [0.15, 0.2) is 0 Å². The van der Waals surface area contributed by atoms with E-state index in [0.717, 1.165) is 24.2 Å². The summed E-state index contributed by atoms with van der Waals surface area (Å²) in [6.07, 6.45) is 7.45. The third-order valence-electron chi connectivity index (χ3n) is 6.25. The van der Waals surface area contributed by atoms with Crippen molar-refractivity contribution >= 4 is 23.5 Å². The van der Waals surface area contributed by atoms with Crippen molar-refractivity contribution in [2.45, 2.75) is 31.7 Å². The van der Waals surface area contributed by atoms with Crippen molar-refractivity contribution in [2.75, 3.05) is 12.3 Å². The number of nitrogens with one attached hydrogen (secondary N) is 1. The van der Waals surface area contributed by atoms with Crippen LogP contribution < -0.4 is 11.5 Å². The summed E-state index contributed by atoms with van der Waals surface area (Å²) in [6.45, 7) is 4.45. The monoisotopic (exact) mass is 378 g/mol. The maximum atomic E-state index is 12.2. The van der Waals surface area contributed by atoms with Gasteiger partial charge in [-0.25, -0.2) is 0 Å². The zero-order valence-electron chi connectivity index (χ0n) is 15.8. The van der Waals surface area contributed by atoms with E-state index in [1.807, 2.05) is 17.0 Å². The number of nitrogens with zero attached hydrogens (tertiary/aromatic N) is 1. The minimum absolute atomic E-state index is 0.00836. The second-order valence-corrected chi connectivity index (χ2v) is 7.89. The smallest absolute Gasteiger partial charge is 0.246 e. The topological polar surface area (TPSA) is 108 Å². The molecule has 1 aromatic heterocycles. The molecule has 28 heavy (non-hydrogen) atoms. The molecule has 146 valence electrons. The highest BCUT2D eigenvalue weighted by atomic mass is 16.3. The maximum absolute atomic E-state index is 12.2. The van der Waals surface area contributed by atoms with E-state index in [2.05, 4.69) is 11.6 Å². The molecule has 1 aliphatic heterocycles. The molecular formula is C22H26N4O2. The molecule has 2 heterocycles. The SMILES string of the molecule is C=CC(=O)N1CC2(CCC2)C1Cc1cc(/C=C(\N)c2ccccc2O)c(N)[nH]1. The Morgan fingerprint density at radius 2 is 2.14 bits per heavy atom. The summed E-state index contributed by atoms with van der Waals surface area (Å²) in [4.78, 5) is 17.3. The largest absolute Gasteiger partial charge is 0.507 e. The van der Waals surface area contributed by atoms with Crippen LogP contribution in [-0.4, -0.2) is 33.5 Å². The van der Waals surface area contributed by atoms with E-state index < -0.39 is 0 Å². The number of benzene rings is 1. The van der Waals surface area contributed by atoms with E-state index >= 15 is 0 Å². The number of anilines is 1. The highest BCUT2D eigenvalue weighted by Gasteiger charge is 2.56. The molecule has 1 saturated carbocycles. The quantitative estimate of drug-likeness (QED) is 0.600. The average Bonchev–Trinajstić information content (AvgIpc) is 2.97. The number of hydrogen-bond acceptors (Lipinski definition) is 4. The van der Waals surface area contributed by atoms with E-state index in [1.165, 1.54) is 25.3 Å².